The maximum Gasteiger partial charge on any atom is 0.322 e. The number of ether oxygens (including phenoxy) is 3. The van der Waals surface area contributed by atoms with Gasteiger partial charge in [0.05, 0.1) is 20.8 Å². The highest BCUT2D eigenvalue weighted by atomic mass is 32.1. The molecule has 0 spiro atoms. The number of thiophene rings is 1. The summed E-state index contributed by atoms with van der Waals surface area (Å²) >= 11 is 1.68. The average molecular weight is 582 g/mol. The van der Waals surface area contributed by atoms with Gasteiger partial charge in [-0.1, -0.05) is 25.1 Å². The normalized spacial score (nSPS) is 10.8. The number of nitrogens with zero attached hydrogens (tertiary/aromatic N) is 2. The van der Waals surface area contributed by atoms with Crippen LogP contribution in [0.25, 0.3) is 0 Å². The fourth-order valence-electron chi connectivity index (χ4n) is 4.39. The Bertz CT molecular complexity index is 1240. The fourth-order valence-corrected chi connectivity index (χ4v) is 5.30. The molecule has 0 saturated heterocycles. The van der Waals surface area contributed by atoms with E-state index in [0.29, 0.717) is 62.9 Å². The lowest BCUT2D eigenvalue weighted by atomic mass is 10.1. The number of rotatable bonds is 16. The molecule has 0 atom stereocenters. The van der Waals surface area contributed by atoms with E-state index in [9.17, 15) is 9.59 Å². The molecule has 0 aliphatic rings. The van der Waals surface area contributed by atoms with Crippen LogP contribution in [0.3, 0.4) is 0 Å². The monoisotopic (exact) mass is 581 g/mol. The van der Waals surface area contributed by atoms with Gasteiger partial charge in [-0.15, -0.1) is 11.3 Å². The van der Waals surface area contributed by atoms with Crippen LogP contribution in [0.15, 0.2) is 54.6 Å². The number of carbonyl (C=O) groups is 2. The highest BCUT2D eigenvalue weighted by Crippen LogP contribution is 2.28. The molecule has 1 heterocycles. The summed E-state index contributed by atoms with van der Waals surface area (Å²) in [4.78, 5) is 32.8. The molecule has 3 amide bonds. The molecule has 0 fully saturated rings. The molecular formula is C32H43N3O5S. The Balaban J connectivity index is 1.75. The molecule has 2 aromatic carbocycles. The summed E-state index contributed by atoms with van der Waals surface area (Å²) in [5.74, 6) is 1.21. The van der Waals surface area contributed by atoms with Gasteiger partial charge in [-0.3, -0.25) is 4.79 Å². The minimum absolute atomic E-state index is 0.0265. The van der Waals surface area contributed by atoms with E-state index in [4.69, 9.17) is 14.2 Å². The number of benzene rings is 2. The summed E-state index contributed by atoms with van der Waals surface area (Å²) in [6, 6.07) is 17.4. The Kier molecular flexibility index (Phi) is 13.0. The van der Waals surface area contributed by atoms with Gasteiger partial charge in [-0.25, -0.2) is 4.79 Å². The first kappa shape index (κ1) is 32.0. The van der Waals surface area contributed by atoms with E-state index in [2.05, 4.69) is 31.3 Å². The van der Waals surface area contributed by atoms with Gasteiger partial charge in [0, 0.05) is 41.7 Å². The summed E-state index contributed by atoms with van der Waals surface area (Å²) < 4.78 is 16.3. The maximum atomic E-state index is 13.8. The average Bonchev–Trinajstić information content (AvgIpc) is 3.41. The predicted octanol–water partition coefficient (Wildman–Crippen LogP) is 6.17. The minimum atomic E-state index is -0.300. The van der Waals surface area contributed by atoms with Crippen molar-refractivity contribution in [2.24, 2.45) is 0 Å². The predicted molar refractivity (Wildman–Crippen MR) is 165 cm³/mol. The van der Waals surface area contributed by atoms with E-state index in [1.54, 1.807) is 30.5 Å². The number of hydrogen-bond acceptors (Lipinski definition) is 6. The van der Waals surface area contributed by atoms with Gasteiger partial charge in [0.15, 0.2) is 11.5 Å². The summed E-state index contributed by atoms with van der Waals surface area (Å²) in [5, 5.41) is 2.96. The number of aryl methyl sites for hydroxylation is 2. The second-order valence-electron chi connectivity index (χ2n) is 9.72. The van der Waals surface area contributed by atoms with Gasteiger partial charge in [-0.2, -0.15) is 0 Å². The number of nitrogens with one attached hydrogen (secondary N) is 1. The second-order valence-corrected chi connectivity index (χ2v) is 11.1. The molecule has 0 aliphatic carbocycles. The largest absolute Gasteiger partial charge is 0.493 e. The third kappa shape index (κ3) is 10.1. The zero-order chi connectivity index (χ0) is 29.6. The molecule has 0 bridgehead atoms. The lowest BCUT2D eigenvalue weighted by Gasteiger charge is -2.28. The van der Waals surface area contributed by atoms with Crippen LogP contribution in [-0.4, -0.2) is 68.8 Å². The zero-order valence-corrected chi connectivity index (χ0v) is 25.7. The first-order valence-electron chi connectivity index (χ1n) is 14.1. The van der Waals surface area contributed by atoms with E-state index in [0.717, 1.165) is 16.9 Å². The summed E-state index contributed by atoms with van der Waals surface area (Å²) in [6.45, 7) is 8.59. The van der Waals surface area contributed by atoms with Crippen molar-refractivity contribution >= 4 is 29.0 Å². The third-order valence-electron chi connectivity index (χ3n) is 6.76. The summed E-state index contributed by atoms with van der Waals surface area (Å²) in [5.41, 5.74) is 2.93. The summed E-state index contributed by atoms with van der Waals surface area (Å²) in [7, 11) is 3.22. The standard InChI is InChI=1S/C32H43N3O5S/c1-6-25-10-13-27(14-11-25)33-32(37)35(18-8-20-40-7-2)23-31(36)34(22-28-15-9-24(3)41-28)19-17-26-12-16-29(38-4)30(21-26)39-5/h9-16,21H,6-8,17-20,22-23H2,1-5H3,(H,33,37). The van der Waals surface area contributed by atoms with Crippen LogP contribution in [0.1, 0.15) is 41.1 Å². The van der Waals surface area contributed by atoms with Crippen LogP contribution in [0, 0.1) is 6.92 Å². The number of methoxy groups -OCH3 is 2. The first-order valence-corrected chi connectivity index (χ1v) is 14.9. The van der Waals surface area contributed by atoms with Crippen molar-refractivity contribution in [1.82, 2.24) is 9.80 Å². The Morgan fingerprint density at radius 3 is 2.24 bits per heavy atom. The zero-order valence-electron chi connectivity index (χ0n) is 24.9. The van der Waals surface area contributed by atoms with E-state index < -0.39 is 0 Å². The lowest BCUT2D eigenvalue weighted by Crippen LogP contribution is -2.45. The molecule has 3 aromatic rings. The summed E-state index contributed by atoms with van der Waals surface area (Å²) in [6.07, 6.45) is 2.20. The highest BCUT2D eigenvalue weighted by molar-refractivity contribution is 7.11. The third-order valence-corrected chi connectivity index (χ3v) is 7.75. The van der Waals surface area contributed by atoms with Gasteiger partial charge < -0.3 is 29.3 Å². The maximum absolute atomic E-state index is 13.8. The molecule has 1 N–H and O–H groups in total. The second kappa shape index (κ2) is 16.6. The topological polar surface area (TPSA) is 80.3 Å². The number of amides is 3. The van der Waals surface area contributed by atoms with Crippen molar-refractivity contribution in [1.29, 1.82) is 0 Å². The van der Waals surface area contributed by atoms with Crippen LogP contribution in [0.2, 0.25) is 0 Å². The van der Waals surface area contributed by atoms with Crippen molar-refractivity contribution in [2.45, 2.75) is 46.6 Å². The molecule has 3 rings (SSSR count). The van der Waals surface area contributed by atoms with Gasteiger partial charge in [0.25, 0.3) is 0 Å². The Morgan fingerprint density at radius 1 is 0.878 bits per heavy atom. The van der Waals surface area contributed by atoms with E-state index >= 15 is 0 Å². The van der Waals surface area contributed by atoms with E-state index in [1.165, 1.54) is 10.4 Å². The number of anilines is 1. The smallest absolute Gasteiger partial charge is 0.322 e. The van der Waals surface area contributed by atoms with Crippen molar-refractivity contribution in [3.8, 4) is 11.5 Å². The number of urea groups is 1. The Morgan fingerprint density at radius 2 is 1.61 bits per heavy atom. The van der Waals surface area contributed by atoms with Gasteiger partial charge in [0.2, 0.25) is 5.91 Å². The Labute approximate surface area is 248 Å². The van der Waals surface area contributed by atoms with Crippen molar-refractivity contribution in [3.63, 3.8) is 0 Å². The molecule has 9 heteroatoms. The molecule has 8 nitrogen and oxygen atoms in total. The molecular weight excluding hydrogens is 538 g/mol. The van der Waals surface area contributed by atoms with Crippen LogP contribution < -0.4 is 14.8 Å². The SMILES string of the molecule is CCOCCCN(CC(=O)N(CCc1ccc(OC)c(OC)c1)Cc1ccc(C)s1)C(=O)Nc1ccc(CC)cc1. The molecule has 222 valence electrons. The minimum Gasteiger partial charge on any atom is -0.493 e. The lowest BCUT2D eigenvalue weighted by molar-refractivity contribution is -0.132. The molecule has 0 unspecified atom stereocenters. The van der Waals surface area contributed by atoms with E-state index in [1.807, 2.05) is 54.3 Å². The van der Waals surface area contributed by atoms with Gasteiger partial charge in [0.1, 0.15) is 6.54 Å². The van der Waals surface area contributed by atoms with Crippen LogP contribution in [0.4, 0.5) is 10.5 Å². The van der Waals surface area contributed by atoms with Crippen LogP contribution >= 0.6 is 11.3 Å². The van der Waals surface area contributed by atoms with Crippen LogP contribution in [0.5, 0.6) is 11.5 Å². The molecule has 41 heavy (non-hydrogen) atoms. The quantitative estimate of drug-likeness (QED) is 0.205. The number of hydrogen-bond donors (Lipinski definition) is 1. The van der Waals surface area contributed by atoms with Crippen molar-refractivity contribution in [3.05, 3.63) is 75.5 Å². The van der Waals surface area contributed by atoms with Gasteiger partial charge in [-0.05, 0) is 80.6 Å². The Hall–Kier alpha value is -3.56. The van der Waals surface area contributed by atoms with Crippen LogP contribution in [-0.2, 0) is 28.9 Å². The van der Waals surface area contributed by atoms with E-state index in [-0.39, 0.29) is 18.5 Å². The van der Waals surface area contributed by atoms with Gasteiger partial charge >= 0.3 is 6.03 Å². The first-order chi connectivity index (χ1) is 19.9. The highest BCUT2D eigenvalue weighted by Gasteiger charge is 2.22. The van der Waals surface area contributed by atoms with Crippen molar-refractivity contribution in [2.75, 3.05) is 52.4 Å². The van der Waals surface area contributed by atoms with Crippen molar-refractivity contribution < 1.29 is 23.8 Å². The molecule has 0 saturated carbocycles. The molecule has 1 aromatic heterocycles. The fraction of sp³-hybridized carbons (Fsp3) is 0.438. The number of carbonyl (C=O) groups excluding carboxylic acids is 2. The molecule has 0 radical (unpaired) electrons. The molecule has 0 aliphatic heterocycles.